The van der Waals surface area contributed by atoms with Gasteiger partial charge < -0.3 is 4.52 Å². The van der Waals surface area contributed by atoms with E-state index in [2.05, 4.69) is 15.1 Å². The van der Waals surface area contributed by atoms with Gasteiger partial charge in [-0.2, -0.15) is 4.98 Å². The fourth-order valence-electron chi connectivity index (χ4n) is 2.49. The Morgan fingerprint density at radius 2 is 1.52 bits per heavy atom. The minimum atomic E-state index is 0.446. The van der Waals surface area contributed by atoms with Crippen LogP contribution in [0.4, 0.5) is 0 Å². The molecule has 4 rings (SSSR count). The number of benzene rings is 2. The van der Waals surface area contributed by atoms with Crippen LogP contribution in [0.1, 0.15) is 10.4 Å². The van der Waals surface area contributed by atoms with E-state index in [1.165, 1.54) is 0 Å². The minimum Gasteiger partial charge on any atom is -0.334 e. The largest absolute Gasteiger partial charge is 0.334 e. The standard InChI is InChI=1S/C20H13N3O2/c24-13-14-4-6-16(7-5-14)19-22-20(25-23-19)17-10-8-15(9-11-17)18-3-1-2-12-21-18/h1-13H. The normalized spacial score (nSPS) is 10.6. The molecule has 25 heavy (non-hydrogen) atoms. The van der Waals surface area contributed by atoms with Crippen LogP contribution in [0.25, 0.3) is 34.1 Å². The van der Waals surface area contributed by atoms with Gasteiger partial charge >= 0.3 is 0 Å². The Morgan fingerprint density at radius 3 is 2.20 bits per heavy atom. The first-order valence-corrected chi connectivity index (χ1v) is 7.75. The fourth-order valence-corrected chi connectivity index (χ4v) is 2.49. The number of hydrogen-bond acceptors (Lipinski definition) is 5. The summed E-state index contributed by atoms with van der Waals surface area (Å²) >= 11 is 0. The van der Waals surface area contributed by atoms with Crippen molar-refractivity contribution in [2.45, 2.75) is 0 Å². The Labute approximate surface area is 144 Å². The number of carbonyl (C=O) groups is 1. The van der Waals surface area contributed by atoms with Crippen LogP contribution in [0, 0.1) is 0 Å². The monoisotopic (exact) mass is 327 g/mol. The third-order valence-electron chi connectivity index (χ3n) is 3.82. The smallest absolute Gasteiger partial charge is 0.258 e. The van der Waals surface area contributed by atoms with Crippen molar-refractivity contribution < 1.29 is 9.32 Å². The number of carbonyl (C=O) groups excluding carboxylic acids is 1. The molecule has 0 atom stereocenters. The molecular weight excluding hydrogens is 314 g/mol. The molecule has 0 N–H and O–H groups in total. The van der Waals surface area contributed by atoms with Gasteiger partial charge in [0.1, 0.15) is 6.29 Å². The van der Waals surface area contributed by atoms with Crippen molar-refractivity contribution in [1.82, 2.24) is 15.1 Å². The Kier molecular flexibility index (Phi) is 3.88. The van der Waals surface area contributed by atoms with Crippen LogP contribution in [-0.4, -0.2) is 21.4 Å². The molecule has 0 amide bonds. The summed E-state index contributed by atoms with van der Waals surface area (Å²) in [6.45, 7) is 0. The predicted octanol–water partition coefficient (Wildman–Crippen LogP) is 4.28. The number of hydrogen-bond donors (Lipinski definition) is 0. The number of rotatable bonds is 4. The van der Waals surface area contributed by atoms with Gasteiger partial charge in [0.15, 0.2) is 0 Å². The maximum absolute atomic E-state index is 10.7. The summed E-state index contributed by atoms with van der Waals surface area (Å²) in [5.41, 5.74) is 4.18. The topological polar surface area (TPSA) is 68.9 Å². The fraction of sp³-hybridized carbons (Fsp3) is 0. The molecule has 0 saturated carbocycles. The summed E-state index contributed by atoms with van der Waals surface area (Å²) in [5, 5.41) is 4.01. The molecule has 0 unspecified atom stereocenters. The number of aromatic nitrogens is 3. The predicted molar refractivity (Wildman–Crippen MR) is 93.8 cm³/mol. The lowest BCUT2D eigenvalue weighted by Crippen LogP contribution is -1.84. The van der Waals surface area contributed by atoms with Crippen LogP contribution in [0.5, 0.6) is 0 Å². The first-order valence-electron chi connectivity index (χ1n) is 7.75. The lowest BCUT2D eigenvalue weighted by molar-refractivity contribution is 0.112. The molecule has 0 radical (unpaired) electrons. The molecule has 5 nitrogen and oxygen atoms in total. The second-order valence-electron chi connectivity index (χ2n) is 5.46. The lowest BCUT2D eigenvalue weighted by Gasteiger charge is -2.00. The summed E-state index contributed by atoms with van der Waals surface area (Å²) in [6.07, 6.45) is 2.57. The molecule has 4 aromatic rings. The molecule has 0 saturated heterocycles. The van der Waals surface area contributed by atoms with E-state index in [1.54, 1.807) is 30.5 Å². The second kappa shape index (κ2) is 6.49. The van der Waals surface area contributed by atoms with Crippen molar-refractivity contribution in [3.63, 3.8) is 0 Å². The van der Waals surface area contributed by atoms with Crippen molar-refractivity contribution >= 4 is 6.29 Å². The van der Waals surface area contributed by atoms with E-state index >= 15 is 0 Å². The van der Waals surface area contributed by atoms with E-state index in [1.807, 2.05) is 42.5 Å². The molecule has 0 aliphatic rings. The molecule has 0 aliphatic heterocycles. The van der Waals surface area contributed by atoms with Crippen molar-refractivity contribution in [1.29, 1.82) is 0 Å². The Morgan fingerprint density at radius 1 is 0.800 bits per heavy atom. The zero-order valence-electron chi connectivity index (χ0n) is 13.2. The van der Waals surface area contributed by atoms with Crippen molar-refractivity contribution in [3.8, 4) is 34.1 Å². The van der Waals surface area contributed by atoms with Gasteiger partial charge in [-0.1, -0.05) is 47.6 Å². The van der Waals surface area contributed by atoms with Crippen LogP contribution in [0.15, 0.2) is 77.4 Å². The second-order valence-corrected chi connectivity index (χ2v) is 5.46. The quantitative estimate of drug-likeness (QED) is 0.523. The molecule has 5 heteroatoms. The van der Waals surface area contributed by atoms with Gasteiger partial charge in [0.25, 0.3) is 5.89 Å². The van der Waals surface area contributed by atoms with E-state index < -0.39 is 0 Å². The highest BCUT2D eigenvalue weighted by Gasteiger charge is 2.11. The van der Waals surface area contributed by atoms with Gasteiger partial charge in [-0.3, -0.25) is 9.78 Å². The van der Waals surface area contributed by atoms with E-state index in [0.29, 0.717) is 17.3 Å². The summed E-state index contributed by atoms with van der Waals surface area (Å²) in [4.78, 5) is 19.5. The lowest BCUT2D eigenvalue weighted by atomic mass is 10.1. The van der Waals surface area contributed by atoms with Crippen LogP contribution in [0.2, 0.25) is 0 Å². The SMILES string of the molecule is O=Cc1ccc(-c2noc(-c3ccc(-c4ccccn4)cc3)n2)cc1. The van der Waals surface area contributed by atoms with E-state index in [4.69, 9.17) is 4.52 Å². The highest BCUT2D eigenvalue weighted by atomic mass is 16.5. The molecule has 0 bridgehead atoms. The summed E-state index contributed by atoms with van der Waals surface area (Å²) in [7, 11) is 0. The third-order valence-corrected chi connectivity index (χ3v) is 3.82. The van der Waals surface area contributed by atoms with E-state index in [-0.39, 0.29) is 0 Å². The Balaban J connectivity index is 1.60. The Hall–Kier alpha value is -3.60. The molecular formula is C20H13N3O2. The van der Waals surface area contributed by atoms with Crippen LogP contribution in [0.3, 0.4) is 0 Å². The molecule has 2 aromatic heterocycles. The first-order chi connectivity index (χ1) is 12.3. The third kappa shape index (κ3) is 3.07. The Bertz CT molecular complexity index is 991. The summed E-state index contributed by atoms with van der Waals surface area (Å²) < 4.78 is 5.36. The van der Waals surface area contributed by atoms with Gasteiger partial charge in [0.2, 0.25) is 5.82 Å². The average molecular weight is 327 g/mol. The van der Waals surface area contributed by atoms with Gasteiger partial charge in [-0.05, 0) is 24.3 Å². The van der Waals surface area contributed by atoms with Crippen molar-refractivity contribution in [3.05, 3.63) is 78.5 Å². The zero-order chi connectivity index (χ0) is 17.1. The van der Waals surface area contributed by atoms with Crippen LogP contribution in [-0.2, 0) is 0 Å². The molecule has 2 heterocycles. The highest BCUT2D eigenvalue weighted by molar-refractivity contribution is 5.76. The molecule has 0 spiro atoms. The number of nitrogens with zero attached hydrogens (tertiary/aromatic N) is 3. The van der Waals surface area contributed by atoms with Gasteiger partial charge in [-0.15, -0.1) is 0 Å². The maximum Gasteiger partial charge on any atom is 0.258 e. The number of pyridine rings is 1. The molecule has 120 valence electrons. The minimum absolute atomic E-state index is 0.446. The average Bonchev–Trinajstić information content (AvgIpc) is 3.19. The molecule has 0 fully saturated rings. The molecule has 2 aromatic carbocycles. The van der Waals surface area contributed by atoms with E-state index in [9.17, 15) is 4.79 Å². The van der Waals surface area contributed by atoms with E-state index in [0.717, 1.165) is 28.7 Å². The highest BCUT2D eigenvalue weighted by Crippen LogP contribution is 2.25. The van der Waals surface area contributed by atoms with Crippen LogP contribution >= 0.6 is 0 Å². The van der Waals surface area contributed by atoms with Crippen molar-refractivity contribution in [2.75, 3.05) is 0 Å². The summed E-state index contributed by atoms with van der Waals surface area (Å²) in [5.74, 6) is 0.934. The zero-order valence-corrected chi connectivity index (χ0v) is 13.2. The summed E-state index contributed by atoms with van der Waals surface area (Å²) in [6, 6.07) is 20.6. The van der Waals surface area contributed by atoms with Crippen molar-refractivity contribution in [2.24, 2.45) is 0 Å². The molecule has 0 aliphatic carbocycles. The number of aldehydes is 1. The van der Waals surface area contributed by atoms with Gasteiger partial charge in [-0.25, -0.2) is 0 Å². The van der Waals surface area contributed by atoms with Crippen LogP contribution < -0.4 is 0 Å². The van der Waals surface area contributed by atoms with Gasteiger partial charge in [0.05, 0.1) is 5.69 Å². The van der Waals surface area contributed by atoms with Gasteiger partial charge in [0, 0.05) is 28.5 Å². The first kappa shape index (κ1) is 15.0. The maximum atomic E-state index is 10.7.